The maximum absolute atomic E-state index is 12.1. The second-order valence-electron chi connectivity index (χ2n) is 4.23. The Morgan fingerprint density at radius 2 is 2.10 bits per heavy atom. The molecule has 0 atom stereocenters. The Bertz CT molecular complexity index is 492. The van der Waals surface area contributed by atoms with Gasteiger partial charge in [-0.3, -0.25) is 9.59 Å². The van der Waals surface area contributed by atoms with E-state index in [4.69, 9.17) is 26.2 Å². The molecule has 116 valence electrons. The minimum absolute atomic E-state index is 0.00697. The summed E-state index contributed by atoms with van der Waals surface area (Å²) in [7, 11) is 1.56. The zero-order valence-electron chi connectivity index (χ0n) is 11.7. The number of aliphatic carboxylic acids is 1. The van der Waals surface area contributed by atoms with Crippen LogP contribution in [0.1, 0.15) is 23.2 Å². The number of carboxylic acids is 1. The smallest absolute Gasteiger partial charge is 0.303 e. The molecule has 0 aliphatic rings. The molecule has 0 heterocycles. The lowest BCUT2D eigenvalue weighted by atomic mass is 10.2. The molecule has 7 heteroatoms. The predicted octanol–water partition coefficient (Wildman–Crippen LogP) is 1.96. The molecule has 0 saturated carbocycles. The highest BCUT2D eigenvalue weighted by Crippen LogP contribution is 2.23. The largest absolute Gasteiger partial charge is 0.490 e. The van der Waals surface area contributed by atoms with Crippen LogP contribution in [0, 0.1) is 0 Å². The number of nitrogens with one attached hydrogen (secondary N) is 1. The lowest BCUT2D eigenvalue weighted by Gasteiger charge is -2.12. The first-order chi connectivity index (χ1) is 10.0. The minimum atomic E-state index is -0.893. The van der Waals surface area contributed by atoms with E-state index in [-0.39, 0.29) is 18.9 Å². The topological polar surface area (TPSA) is 84.9 Å². The van der Waals surface area contributed by atoms with Gasteiger partial charge in [0.05, 0.1) is 12.2 Å². The summed E-state index contributed by atoms with van der Waals surface area (Å²) in [6.45, 7) is 0.995. The summed E-state index contributed by atoms with van der Waals surface area (Å²) in [5, 5.41) is 11.6. The van der Waals surface area contributed by atoms with Crippen molar-refractivity contribution in [3.05, 3.63) is 28.8 Å². The minimum Gasteiger partial charge on any atom is -0.490 e. The van der Waals surface area contributed by atoms with E-state index in [1.54, 1.807) is 19.2 Å². The number of halogens is 1. The van der Waals surface area contributed by atoms with Crippen LogP contribution in [-0.4, -0.2) is 43.9 Å². The first-order valence-corrected chi connectivity index (χ1v) is 6.83. The number of methoxy groups -OCH3 is 1. The molecule has 1 amide bonds. The molecule has 0 aliphatic heterocycles. The Hall–Kier alpha value is -1.79. The summed E-state index contributed by atoms with van der Waals surface area (Å²) in [5.74, 6) is -0.835. The van der Waals surface area contributed by atoms with Gasteiger partial charge in [-0.05, 0) is 24.6 Å². The number of carboxylic acid groups (broad SMARTS) is 1. The number of ether oxygens (including phenoxy) is 2. The molecule has 0 saturated heterocycles. The first-order valence-electron chi connectivity index (χ1n) is 6.46. The first kappa shape index (κ1) is 17.3. The Morgan fingerprint density at radius 1 is 1.33 bits per heavy atom. The zero-order valence-corrected chi connectivity index (χ0v) is 12.5. The van der Waals surface area contributed by atoms with Gasteiger partial charge in [0.15, 0.2) is 0 Å². The molecule has 0 unspecified atom stereocenters. The van der Waals surface area contributed by atoms with Gasteiger partial charge in [0.2, 0.25) is 0 Å². The van der Waals surface area contributed by atoms with Gasteiger partial charge in [-0.15, -0.1) is 0 Å². The highest BCUT2D eigenvalue weighted by molar-refractivity contribution is 6.31. The monoisotopic (exact) mass is 315 g/mol. The van der Waals surface area contributed by atoms with E-state index < -0.39 is 5.97 Å². The molecular formula is C14H18ClNO5. The predicted molar refractivity (Wildman–Crippen MR) is 78.0 cm³/mol. The summed E-state index contributed by atoms with van der Waals surface area (Å²) in [5.41, 5.74) is 0.314. The molecule has 21 heavy (non-hydrogen) atoms. The van der Waals surface area contributed by atoms with Gasteiger partial charge in [0.25, 0.3) is 5.91 Å². The number of hydrogen-bond donors (Lipinski definition) is 2. The van der Waals surface area contributed by atoms with Crippen molar-refractivity contribution >= 4 is 23.5 Å². The standard InChI is InChI=1S/C14H18ClNO5/c1-20-7-8-21-12-5-4-10(15)9-11(12)14(19)16-6-2-3-13(17)18/h4-5,9H,2-3,6-8H2,1H3,(H,16,19)(H,17,18). The maximum Gasteiger partial charge on any atom is 0.303 e. The van der Waals surface area contributed by atoms with E-state index in [0.29, 0.717) is 36.0 Å². The van der Waals surface area contributed by atoms with Crippen molar-refractivity contribution in [2.75, 3.05) is 26.9 Å². The molecule has 0 fully saturated rings. The number of benzene rings is 1. The lowest BCUT2D eigenvalue weighted by Crippen LogP contribution is -2.25. The van der Waals surface area contributed by atoms with Crippen LogP contribution in [-0.2, 0) is 9.53 Å². The molecular weight excluding hydrogens is 298 g/mol. The van der Waals surface area contributed by atoms with Crippen molar-refractivity contribution in [3.63, 3.8) is 0 Å². The molecule has 1 rings (SSSR count). The van der Waals surface area contributed by atoms with Crippen molar-refractivity contribution in [3.8, 4) is 5.75 Å². The van der Waals surface area contributed by atoms with E-state index in [2.05, 4.69) is 5.32 Å². The van der Waals surface area contributed by atoms with Gasteiger partial charge < -0.3 is 19.9 Å². The Balaban J connectivity index is 2.63. The third kappa shape index (κ3) is 6.46. The van der Waals surface area contributed by atoms with Crippen LogP contribution in [0.4, 0.5) is 0 Å². The number of hydrogen-bond acceptors (Lipinski definition) is 4. The van der Waals surface area contributed by atoms with Crippen LogP contribution in [0.15, 0.2) is 18.2 Å². The van der Waals surface area contributed by atoms with E-state index in [0.717, 1.165) is 0 Å². The molecule has 0 radical (unpaired) electrons. The molecule has 0 aliphatic carbocycles. The number of rotatable bonds is 9. The SMILES string of the molecule is COCCOc1ccc(Cl)cc1C(=O)NCCCC(=O)O. The van der Waals surface area contributed by atoms with E-state index in [9.17, 15) is 9.59 Å². The second kappa shape index (κ2) is 9.20. The molecule has 1 aromatic rings. The van der Waals surface area contributed by atoms with Crippen molar-refractivity contribution in [1.29, 1.82) is 0 Å². The van der Waals surface area contributed by atoms with Gasteiger partial charge >= 0.3 is 5.97 Å². The van der Waals surface area contributed by atoms with Crippen molar-refractivity contribution in [2.45, 2.75) is 12.8 Å². The molecule has 1 aromatic carbocycles. The van der Waals surface area contributed by atoms with E-state index in [1.807, 2.05) is 0 Å². The fraction of sp³-hybridized carbons (Fsp3) is 0.429. The highest BCUT2D eigenvalue weighted by Gasteiger charge is 2.13. The maximum atomic E-state index is 12.1. The average Bonchev–Trinajstić information content (AvgIpc) is 2.45. The molecule has 2 N–H and O–H groups in total. The third-order valence-electron chi connectivity index (χ3n) is 2.58. The van der Waals surface area contributed by atoms with Gasteiger partial charge in [0.1, 0.15) is 12.4 Å². The Kier molecular flexibility index (Phi) is 7.56. The lowest BCUT2D eigenvalue weighted by molar-refractivity contribution is -0.137. The second-order valence-corrected chi connectivity index (χ2v) is 4.67. The number of carbonyl (C=O) groups excluding carboxylic acids is 1. The van der Waals surface area contributed by atoms with Crippen molar-refractivity contribution in [1.82, 2.24) is 5.32 Å². The Morgan fingerprint density at radius 3 is 2.76 bits per heavy atom. The number of amides is 1. The molecule has 0 spiro atoms. The van der Waals surface area contributed by atoms with Crippen LogP contribution < -0.4 is 10.1 Å². The fourth-order valence-electron chi connectivity index (χ4n) is 1.58. The van der Waals surface area contributed by atoms with E-state index >= 15 is 0 Å². The normalized spacial score (nSPS) is 10.2. The zero-order chi connectivity index (χ0) is 15.7. The quantitative estimate of drug-likeness (QED) is 0.680. The van der Waals surface area contributed by atoms with Crippen LogP contribution in [0.2, 0.25) is 5.02 Å². The summed E-state index contributed by atoms with van der Waals surface area (Å²) in [4.78, 5) is 22.5. The van der Waals surface area contributed by atoms with Crippen LogP contribution in [0.3, 0.4) is 0 Å². The van der Waals surface area contributed by atoms with Crippen molar-refractivity contribution in [2.24, 2.45) is 0 Å². The highest BCUT2D eigenvalue weighted by atomic mass is 35.5. The third-order valence-corrected chi connectivity index (χ3v) is 2.82. The Labute approximate surface area is 128 Å². The van der Waals surface area contributed by atoms with Gasteiger partial charge in [-0.25, -0.2) is 0 Å². The number of carbonyl (C=O) groups is 2. The summed E-state index contributed by atoms with van der Waals surface area (Å²) in [6.07, 6.45) is 0.370. The van der Waals surface area contributed by atoms with Crippen molar-refractivity contribution < 1.29 is 24.2 Å². The molecule has 0 bridgehead atoms. The van der Waals surface area contributed by atoms with Gasteiger partial charge in [0, 0.05) is 25.1 Å². The summed E-state index contributed by atoms with van der Waals surface area (Å²) in [6, 6.07) is 4.76. The van der Waals surface area contributed by atoms with Gasteiger partial charge in [-0.1, -0.05) is 11.6 Å². The summed E-state index contributed by atoms with van der Waals surface area (Å²) >= 11 is 5.89. The van der Waals surface area contributed by atoms with Crippen LogP contribution in [0.5, 0.6) is 5.75 Å². The van der Waals surface area contributed by atoms with Crippen LogP contribution in [0.25, 0.3) is 0 Å². The van der Waals surface area contributed by atoms with E-state index in [1.165, 1.54) is 6.07 Å². The molecule has 0 aromatic heterocycles. The molecule has 6 nitrogen and oxygen atoms in total. The van der Waals surface area contributed by atoms with Crippen LogP contribution >= 0.6 is 11.6 Å². The fourth-order valence-corrected chi connectivity index (χ4v) is 1.75. The average molecular weight is 316 g/mol. The summed E-state index contributed by atoms with van der Waals surface area (Å²) < 4.78 is 10.3. The van der Waals surface area contributed by atoms with Gasteiger partial charge in [-0.2, -0.15) is 0 Å².